The van der Waals surface area contributed by atoms with Gasteiger partial charge in [0.15, 0.2) is 0 Å². The highest BCUT2D eigenvalue weighted by Gasteiger charge is 2.28. The molecule has 28 heavy (non-hydrogen) atoms. The number of nitrogens with one attached hydrogen (secondary N) is 1. The SMILES string of the molecule is O=C(O)c1c(NC(=O)C2COc3ccccc3C2)csc1-c1ccc(Br)cc1. The number of anilines is 1. The molecule has 1 unspecified atom stereocenters. The van der Waals surface area contributed by atoms with Gasteiger partial charge < -0.3 is 15.2 Å². The fraction of sp³-hybridized carbons (Fsp3) is 0.143. The summed E-state index contributed by atoms with van der Waals surface area (Å²) in [6.07, 6.45) is 0.564. The van der Waals surface area contributed by atoms with Crippen LogP contribution in [0.15, 0.2) is 58.4 Å². The zero-order chi connectivity index (χ0) is 19.7. The number of halogens is 1. The van der Waals surface area contributed by atoms with Crippen LogP contribution >= 0.6 is 27.3 Å². The summed E-state index contributed by atoms with van der Waals surface area (Å²) < 4.78 is 6.59. The van der Waals surface area contributed by atoms with Gasteiger partial charge in [0, 0.05) is 9.85 Å². The van der Waals surface area contributed by atoms with Crippen molar-refractivity contribution in [2.45, 2.75) is 6.42 Å². The van der Waals surface area contributed by atoms with Crippen LogP contribution in [0.25, 0.3) is 10.4 Å². The molecule has 2 heterocycles. The number of carbonyl (C=O) groups is 2. The Labute approximate surface area is 174 Å². The summed E-state index contributed by atoms with van der Waals surface area (Å²) in [6, 6.07) is 15.0. The molecular formula is C21H16BrNO4S. The molecule has 1 aliphatic rings. The van der Waals surface area contributed by atoms with E-state index in [9.17, 15) is 14.7 Å². The Balaban J connectivity index is 1.57. The minimum atomic E-state index is -1.07. The lowest BCUT2D eigenvalue weighted by atomic mass is 9.96. The molecule has 3 aromatic rings. The van der Waals surface area contributed by atoms with Gasteiger partial charge in [0.25, 0.3) is 0 Å². The van der Waals surface area contributed by atoms with Crippen molar-refractivity contribution < 1.29 is 19.4 Å². The number of carboxylic acids is 1. The van der Waals surface area contributed by atoms with E-state index in [-0.39, 0.29) is 24.0 Å². The Bertz CT molecular complexity index is 1040. The number of para-hydroxylation sites is 1. The molecule has 0 saturated carbocycles. The first-order valence-corrected chi connectivity index (χ1v) is 10.3. The standard InChI is InChI=1S/C21H16BrNO4S/c22-15-7-5-12(6-8-15)19-18(21(25)26)16(11-28-19)23-20(24)14-9-13-3-1-2-4-17(13)27-10-14/h1-8,11,14H,9-10H2,(H,23,24)(H,25,26). The normalized spacial score (nSPS) is 15.4. The summed E-state index contributed by atoms with van der Waals surface area (Å²) in [4.78, 5) is 25.3. The molecule has 0 spiro atoms. The van der Waals surface area contributed by atoms with Gasteiger partial charge in [0.2, 0.25) is 5.91 Å². The van der Waals surface area contributed by atoms with E-state index in [2.05, 4.69) is 21.2 Å². The molecule has 0 aliphatic carbocycles. The van der Waals surface area contributed by atoms with Crippen molar-refractivity contribution in [3.63, 3.8) is 0 Å². The van der Waals surface area contributed by atoms with Crippen LogP contribution < -0.4 is 10.1 Å². The van der Waals surface area contributed by atoms with Gasteiger partial charge in [-0.1, -0.05) is 46.3 Å². The molecule has 1 aliphatic heterocycles. The third kappa shape index (κ3) is 3.68. The molecule has 4 rings (SSSR count). The predicted molar refractivity (Wildman–Crippen MR) is 112 cm³/mol. The number of aromatic carboxylic acids is 1. The van der Waals surface area contributed by atoms with Gasteiger partial charge in [-0.05, 0) is 35.7 Å². The highest BCUT2D eigenvalue weighted by molar-refractivity contribution is 9.10. The van der Waals surface area contributed by atoms with Gasteiger partial charge in [-0.15, -0.1) is 11.3 Å². The predicted octanol–water partition coefficient (Wildman–Crippen LogP) is 5.07. The molecule has 1 aromatic heterocycles. The molecule has 0 bridgehead atoms. The Kier molecular flexibility index (Phi) is 5.19. The largest absolute Gasteiger partial charge is 0.492 e. The van der Waals surface area contributed by atoms with Gasteiger partial charge in [0.1, 0.15) is 17.9 Å². The summed E-state index contributed by atoms with van der Waals surface area (Å²) in [7, 11) is 0. The van der Waals surface area contributed by atoms with Crippen LogP contribution in [0.2, 0.25) is 0 Å². The summed E-state index contributed by atoms with van der Waals surface area (Å²) in [5.41, 5.74) is 2.20. The van der Waals surface area contributed by atoms with Crippen LogP contribution in [-0.4, -0.2) is 23.6 Å². The quantitative estimate of drug-likeness (QED) is 0.573. The van der Waals surface area contributed by atoms with E-state index in [1.165, 1.54) is 11.3 Å². The minimum Gasteiger partial charge on any atom is -0.492 e. The number of thiophene rings is 1. The number of amides is 1. The van der Waals surface area contributed by atoms with Crippen molar-refractivity contribution in [1.29, 1.82) is 0 Å². The number of rotatable bonds is 4. The summed E-state index contributed by atoms with van der Waals surface area (Å²) in [5.74, 6) is -0.879. The van der Waals surface area contributed by atoms with Crippen molar-refractivity contribution in [3.8, 4) is 16.2 Å². The number of ether oxygens (including phenoxy) is 1. The van der Waals surface area contributed by atoms with Crippen molar-refractivity contribution in [2.24, 2.45) is 5.92 Å². The van der Waals surface area contributed by atoms with E-state index in [0.717, 1.165) is 21.3 Å². The molecule has 7 heteroatoms. The fourth-order valence-corrected chi connectivity index (χ4v) is 4.47. The van der Waals surface area contributed by atoms with E-state index in [1.54, 1.807) is 5.38 Å². The van der Waals surface area contributed by atoms with Crippen LogP contribution in [0.4, 0.5) is 5.69 Å². The third-order valence-corrected chi connectivity index (χ3v) is 6.18. The maximum Gasteiger partial charge on any atom is 0.339 e. The van der Waals surface area contributed by atoms with Crippen LogP contribution in [-0.2, 0) is 11.2 Å². The lowest BCUT2D eigenvalue weighted by Gasteiger charge is -2.24. The molecule has 5 nitrogen and oxygen atoms in total. The highest BCUT2D eigenvalue weighted by Crippen LogP contribution is 2.37. The first-order chi connectivity index (χ1) is 13.5. The van der Waals surface area contributed by atoms with Gasteiger partial charge >= 0.3 is 5.97 Å². The van der Waals surface area contributed by atoms with Gasteiger partial charge in [-0.2, -0.15) is 0 Å². The maximum absolute atomic E-state index is 12.8. The Morgan fingerprint density at radius 3 is 2.64 bits per heavy atom. The minimum absolute atomic E-state index is 0.109. The van der Waals surface area contributed by atoms with Crippen LogP contribution in [0.3, 0.4) is 0 Å². The average Bonchev–Trinajstić information content (AvgIpc) is 3.12. The van der Waals surface area contributed by atoms with Crippen LogP contribution in [0, 0.1) is 5.92 Å². The second-order valence-corrected chi connectivity index (χ2v) is 8.27. The average molecular weight is 458 g/mol. The highest BCUT2D eigenvalue weighted by atomic mass is 79.9. The topological polar surface area (TPSA) is 75.6 Å². The molecular weight excluding hydrogens is 442 g/mol. The first-order valence-electron chi connectivity index (χ1n) is 8.65. The van der Waals surface area contributed by atoms with Gasteiger partial charge in [-0.3, -0.25) is 4.79 Å². The second-order valence-electron chi connectivity index (χ2n) is 6.47. The Hall–Kier alpha value is -2.64. The van der Waals surface area contributed by atoms with Crippen LogP contribution in [0.1, 0.15) is 15.9 Å². The summed E-state index contributed by atoms with van der Waals surface area (Å²) in [5, 5.41) is 14.2. The summed E-state index contributed by atoms with van der Waals surface area (Å²) >= 11 is 4.68. The number of hydrogen-bond donors (Lipinski definition) is 2. The molecule has 1 amide bonds. The number of benzene rings is 2. The first kappa shape index (κ1) is 18.7. The van der Waals surface area contributed by atoms with Gasteiger partial charge in [0.05, 0.1) is 16.5 Å². The second kappa shape index (κ2) is 7.77. The van der Waals surface area contributed by atoms with E-state index in [4.69, 9.17) is 4.74 Å². The molecule has 2 N–H and O–H groups in total. The molecule has 0 radical (unpaired) electrons. The van der Waals surface area contributed by atoms with E-state index in [0.29, 0.717) is 17.0 Å². The molecule has 0 fully saturated rings. The van der Waals surface area contributed by atoms with Crippen molar-refractivity contribution in [2.75, 3.05) is 11.9 Å². The van der Waals surface area contributed by atoms with Crippen molar-refractivity contribution in [1.82, 2.24) is 0 Å². The summed E-state index contributed by atoms with van der Waals surface area (Å²) in [6.45, 7) is 0.273. The van der Waals surface area contributed by atoms with E-state index in [1.807, 2.05) is 48.5 Å². The maximum atomic E-state index is 12.8. The lowest BCUT2D eigenvalue weighted by Crippen LogP contribution is -2.32. The number of carboxylic acid groups (broad SMARTS) is 1. The van der Waals surface area contributed by atoms with Gasteiger partial charge in [-0.25, -0.2) is 4.79 Å². The van der Waals surface area contributed by atoms with E-state index < -0.39 is 5.97 Å². The van der Waals surface area contributed by atoms with Crippen molar-refractivity contribution in [3.05, 3.63) is 69.5 Å². The lowest BCUT2D eigenvalue weighted by molar-refractivity contribution is -0.121. The zero-order valence-electron chi connectivity index (χ0n) is 14.6. The molecule has 142 valence electrons. The zero-order valence-corrected chi connectivity index (χ0v) is 17.0. The molecule has 0 saturated heterocycles. The molecule has 2 aromatic carbocycles. The Morgan fingerprint density at radius 1 is 1.14 bits per heavy atom. The van der Waals surface area contributed by atoms with E-state index >= 15 is 0 Å². The number of carbonyl (C=O) groups excluding carboxylic acids is 1. The fourth-order valence-electron chi connectivity index (χ4n) is 3.21. The van der Waals surface area contributed by atoms with Crippen LogP contribution in [0.5, 0.6) is 5.75 Å². The smallest absolute Gasteiger partial charge is 0.339 e. The molecule has 1 atom stereocenters. The third-order valence-electron chi connectivity index (χ3n) is 4.62. The van der Waals surface area contributed by atoms with Crippen molar-refractivity contribution >= 4 is 44.8 Å². The number of fused-ring (bicyclic) bond motifs is 1. The number of hydrogen-bond acceptors (Lipinski definition) is 4. The Morgan fingerprint density at radius 2 is 1.89 bits per heavy atom. The monoisotopic (exact) mass is 457 g/mol.